The van der Waals surface area contributed by atoms with Crippen LogP contribution in [0.15, 0.2) is 0 Å². The second-order valence-corrected chi connectivity index (χ2v) is 7.22. The molecule has 0 nitrogen and oxygen atoms in total. The van der Waals surface area contributed by atoms with Crippen LogP contribution in [-0.4, -0.2) is 0 Å². The predicted octanol–water partition coefficient (Wildman–Crippen LogP) is 5.56. The SMILES string of the molecule is C1CCC(CCCCC2CC3CCC2C3)CC1. The summed E-state index contributed by atoms with van der Waals surface area (Å²) in [5.41, 5.74) is 0. The van der Waals surface area contributed by atoms with E-state index < -0.39 is 0 Å². The van der Waals surface area contributed by atoms with E-state index in [9.17, 15) is 0 Å². The maximum Gasteiger partial charge on any atom is -0.0383 e. The Morgan fingerprint density at radius 1 is 0.706 bits per heavy atom. The van der Waals surface area contributed by atoms with E-state index in [-0.39, 0.29) is 0 Å². The Morgan fingerprint density at radius 3 is 2.24 bits per heavy atom. The maximum atomic E-state index is 1.61. The average molecular weight is 234 g/mol. The second kappa shape index (κ2) is 5.76. The molecule has 3 aliphatic rings. The molecule has 3 fully saturated rings. The van der Waals surface area contributed by atoms with Gasteiger partial charge in [0.15, 0.2) is 0 Å². The summed E-state index contributed by atoms with van der Waals surface area (Å²) in [6.07, 6.45) is 20.2. The number of rotatable bonds is 5. The molecule has 17 heavy (non-hydrogen) atoms. The van der Waals surface area contributed by atoms with Gasteiger partial charge < -0.3 is 0 Å². The zero-order valence-corrected chi connectivity index (χ0v) is 11.5. The van der Waals surface area contributed by atoms with Gasteiger partial charge in [0, 0.05) is 0 Å². The van der Waals surface area contributed by atoms with E-state index in [2.05, 4.69) is 0 Å². The molecule has 0 heteroatoms. The van der Waals surface area contributed by atoms with Gasteiger partial charge in [0.2, 0.25) is 0 Å². The fourth-order valence-corrected chi connectivity index (χ4v) is 5.05. The van der Waals surface area contributed by atoms with Crippen LogP contribution in [0.3, 0.4) is 0 Å². The lowest BCUT2D eigenvalue weighted by atomic mass is 9.83. The first-order valence-electron chi connectivity index (χ1n) is 8.42. The average Bonchev–Trinajstić information content (AvgIpc) is 2.98. The van der Waals surface area contributed by atoms with Gasteiger partial charge in [-0.15, -0.1) is 0 Å². The Labute approximate surface area is 108 Å². The lowest BCUT2D eigenvalue weighted by Gasteiger charge is -2.23. The summed E-state index contributed by atoms with van der Waals surface area (Å²) >= 11 is 0. The Kier molecular flexibility index (Phi) is 4.08. The highest BCUT2D eigenvalue weighted by Gasteiger charge is 2.38. The van der Waals surface area contributed by atoms with Crippen LogP contribution in [0, 0.1) is 23.7 Å². The number of hydrogen-bond donors (Lipinski definition) is 0. The van der Waals surface area contributed by atoms with Crippen molar-refractivity contribution in [3.63, 3.8) is 0 Å². The van der Waals surface area contributed by atoms with Gasteiger partial charge >= 0.3 is 0 Å². The van der Waals surface area contributed by atoms with Gasteiger partial charge in [0.05, 0.1) is 0 Å². The van der Waals surface area contributed by atoms with E-state index in [1.165, 1.54) is 19.3 Å². The zero-order chi connectivity index (χ0) is 11.5. The molecule has 0 aromatic rings. The second-order valence-electron chi connectivity index (χ2n) is 7.22. The molecule has 0 aromatic carbocycles. The monoisotopic (exact) mass is 234 g/mol. The Morgan fingerprint density at radius 2 is 1.53 bits per heavy atom. The normalized spacial score (nSPS) is 37.8. The third-order valence-electron chi connectivity index (χ3n) is 6.05. The summed E-state index contributed by atoms with van der Waals surface area (Å²) in [6.45, 7) is 0. The van der Waals surface area contributed by atoms with E-state index in [1.807, 2.05) is 0 Å². The van der Waals surface area contributed by atoms with Crippen LogP contribution in [0.2, 0.25) is 0 Å². The molecule has 3 unspecified atom stereocenters. The van der Waals surface area contributed by atoms with E-state index in [0.29, 0.717) is 0 Å². The maximum absolute atomic E-state index is 1.61. The highest BCUT2D eigenvalue weighted by Crippen LogP contribution is 2.50. The molecule has 0 aliphatic heterocycles. The summed E-state index contributed by atoms with van der Waals surface area (Å²) in [6, 6.07) is 0. The topological polar surface area (TPSA) is 0 Å². The lowest BCUT2D eigenvalue weighted by molar-refractivity contribution is 0.289. The van der Waals surface area contributed by atoms with Crippen molar-refractivity contribution in [3.05, 3.63) is 0 Å². The van der Waals surface area contributed by atoms with Crippen LogP contribution in [0.1, 0.15) is 83.5 Å². The van der Waals surface area contributed by atoms with Crippen molar-refractivity contribution in [2.24, 2.45) is 23.7 Å². The minimum atomic E-state index is 1.11. The smallest absolute Gasteiger partial charge is 0.0383 e. The molecular weight excluding hydrogens is 204 g/mol. The molecule has 0 aromatic heterocycles. The summed E-state index contributed by atoms with van der Waals surface area (Å²) < 4.78 is 0. The molecule has 0 spiro atoms. The van der Waals surface area contributed by atoms with Crippen molar-refractivity contribution < 1.29 is 0 Å². The van der Waals surface area contributed by atoms with Crippen molar-refractivity contribution in [3.8, 4) is 0 Å². The molecule has 3 rings (SSSR count). The summed E-state index contributed by atoms with van der Waals surface area (Å²) in [4.78, 5) is 0. The van der Waals surface area contributed by atoms with Crippen molar-refractivity contribution >= 4 is 0 Å². The molecule has 0 radical (unpaired) electrons. The Balaban J connectivity index is 1.28. The number of hydrogen-bond acceptors (Lipinski definition) is 0. The third kappa shape index (κ3) is 3.06. The molecule has 2 bridgehead atoms. The molecule has 0 heterocycles. The van der Waals surface area contributed by atoms with Gasteiger partial charge in [-0.3, -0.25) is 0 Å². The molecule has 0 saturated heterocycles. The molecule has 3 saturated carbocycles. The Bertz CT molecular complexity index is 226. The summed E-state index contributed by atoms with van der Waals surface area (Å²) in [5, 5.41) is 0. The van der Waals surface area contributed by atoms with Crippen molar-refractivity contribution in [2.45, 2.75) is 83.5 Å². The fraction of sp³-hybridized carbons (Fsp3) is 1.00. The van der Waals surface area contributed by atoms with Gasteiger partial charge in [-0.1, -0.05) is 64.2 Å². The van der Waals surface area contributed by atoms with Crippen LogP contribution in [0.5, 0.6) is 0 Å². The first kappa shape index (κ1) is 12.1. The fourth-order valence-electron chi connectivity index (χ4n) is 5.05. The van der Waals surface area contributed by atoms with Crippen molar-refractivity contribution in [1.29, 1.82) is 0 Å². The van der Waals surface area contributed by atoms with Crippen LogP contribution in [0.4, 0.5) is 0 Å². The van der Waals surface area contributed by atoms with Crippen LogP contribution >= 0.6 is 0 Å². The molecule has 98 valence electrons. The van der Waals surface area contributed by atoms with Gasteiger partial charge in [-0.2, -0.15) is 0 Å². The quantitative estimate of drug-likeness (QED) is 0.546. The molecule has 3 aliphatic carbocycles. The molecular formula is C17H30. The first-order valence-corrected chi connectivity index (χ1v) is 8.42. The van der Waals surface area contributed by atoms with Gasteiger partial charge in [-0.25, -0.2) is 0 Å². The number of fused-ring (bicyclic) bond motifs is 2. The number of unbranched alkanes of at least 4 members (excludes halogenated alkanes) is 1. The first-order chi connectivity index (χ1) is 8.42. The van der Waals surface area contributed by atoms with E-state index in [1.54, 1.807) is 64.2 Å². The minimum Gasteiger partial charge on any atom is -0.0533 e. The molecule has 0 N–H and O–H groups in total. The van der Waals surface area contributed by atoms with Crippen LogP contribution < -0.4 is 0 Å². The zero-order valence-electron chi connectivity index (χ0n) is 11.5. The highest BCUT2D eigenvalue weighted by molar-refractivity contribution is 4.89. The highest BCUT2D eigenvalue weighted by atomic mass is 14.4. The van der Waals surface area contributed by atoms with Gasteiger partial charge in [-0.05, 0) is 42.9 Å². The van der Waals surface area contributed by atoms with Gasteiger partial charge in [0.1, 0.15) is 0 Å². The summed E-state index contributed by atoms with van der Waals surface area (Å²) in [7, 11) is 0. The van der Waals surface area contributed by atoms with Crippen molar-refractivity contribution in [1.82, 2.24) is 0 Å². The molecule has 3 atom stereocenters. The standard InChI is InChI=1S/C17H30/c1-2-6-14(7-3-1)8-4-5-9-16-12-15-10-11-17(16)13-15/h14-17H,1-13H2. The largest absolute Gasteiger partial charge is 0.0533 e. The van der Waals surface area contributed by atoms with Crippen molar-refractivity contribution in [2.75, 3.05) is 0 Å². The molecule has 0 amide bonds. The Hall–Kier alpha value is 0. The minimum absolute atomic E-state index is 1.11. The van der Waals surface area contributed by atoms with E-state index in [0.717, 1.165) is 23.7 Å². The lowest BCUT2D eigenvalue weighted by Crippen LogP contribution is -2.10. The third-order valence-corrected chi connectivity index (χ3v) is 6.05. The van der Waals surface area contributed by atoms with Crippen LogP contribution in [-0.2, 0) is 0 Å². The van der Waals surface area contributed by atoms with E-state index in [4.69, 9.17) is 0 Å². The van der Waals surface area contributed by atoms with Gasteiger partial charge in [0.25, 0.3) is 0 Å². The van der Waals surface area contributed by atoms with E-state index >= 15 is 0 Å². The predicted molar refractivity (Wildman–Crippen MR) is 74.0 cm³/mol. The summed E-state index contributed by atoms with van der Waals surface area (Å²) in [5.74, 6) is 4.59. The van der Waals surface area contributed by atoms with Crippen LogP contribution in [0.25, 0.3) is 0 Å².